The first-order chi connectivity index (χ1) is 14.8. The van der Waals surface area contributed by atoms with Gasteiger partial charge in [0.1, 0.15) is 26.2 Å². The predicted octanol–water partition coefficient (Wildman–Crippen LogP) is -0.139. The van der Waals surface area contributed by atoms with Crippen molar-refractivity contribution in [2.75, 3.05) is 32.7 Å². The molecule has 1 aliphatic rings. The van der Waals surface area contributed by atoms with Gasteiger partial charge in [0.05, 0.1) is 17.6 Å². The second-order valence-corrected chi connectivity index (χ2v) is 9.45. The molecule has 8 nitrogen and oxygen atoms in total. The number of fused-ring (bicyclic) bond motifs is 1. The van der Waals surface area contributed by atoms with Gasteiger partial charge >= 0.3 is 0 Å². The summed E-state index contributed by atoms with van der Waals surface area (Å²) >= 11 is 0. The fourth-order valence-electron chi connectivity index (χ4n) is 4.61. The number of tetrazole rings is 1. The van der Waals surface area contributed by atoms with Crippen molar-refractivity contribution in [3.63, 3.8) is 0 Å². The van der Waals surface area contributed by atoms with Gasteiger partial charge in [0.2, 0.25) is 5.82 Å². The molecule has 2 aromatic heterocycles. The number of hydrogen-bond acceptors (Lipinski definition) is 4. The lowest BCUT2D eigenvalue weighted by atomic mass is 9.98. The molecule has 31 heavy (non-hydrogen) atoms. The van der Waals surface area contributed by atoms with Gasteiger partial charge in [-0.3, -0.25) is 4.79 Å². The van der Waals surface area contributed by atoms with Crippen LogP contribution in [0.25, 0.3) is 10.9 Å². The molecule has 1 atom stereocenters. The van der Waals surface area contributed by atoms with Crippen molar-refractivity contribution < 1.29 is 9.80 Å². The molecule has 3 heterocycles. The Balaban J connectivity index is 1.86. The van der Waals surface area contributed by atoms with Crippen LogP contribution in [0.3, 0.4) is 0 Å². The van der Waals surface area contributed by atoms with Crippen LogP contribution in [-0.2, 0) is 5.54 Å². The highest BCUT2D eigenvalue weighted by atomic mass is 16.1. The molecule has 0 radical (unpaired) electrons. The summed E-state index contributed by atoms with van der Waals surface area (Å²) < 4.78 is 1.93. The maximum absolute atomic E-state index is 13.3. The Hall–Kier alpha value is -2.58. The number of aromatic amines is 1. The molecule has 1 fully saturated rings. The monoisotopic (exact) mass is 425 g/mol. The normalized spacial score (nSPS) is 20.8. The standard InChI is InChI=1S/C23H33N7O/c1-6-23(4,5)30-21(25-26-27-30)20(29-12-10-28(7-2)11-13-29)18-15-17-9-8-16(3)14-19(17)24-22(18)31/h8-9,14-15,20H,6-7,10-13H2,1-5H3,(H,24,31)/p+2/t20-/m1/s1. The van der Waals surface area contributed by atoms with Gasteiger partial charge in [-0.15, -0.1) is 5.10 Å². The molecule has 3 aromatic rings. The number of H-pyrrole nitrogens is 1. The molecule has 8 heteroatoms. The zero-order valence-electron chi connectivity index (χ0n) is 19.3. The molecule has 1 aromatic carbocycles. The minimum Gasteiger partial charge on any atom is -0.326 e. The molecule has 0 unspecified atom stereocenters. The largest absolute Gasteiger partial charge is 0.326 e. The van der Waals surface area contributed by atoms with Crippen molar-refractivity contribution >= 4 is 10.9 Å². The Labute approximate surface area is 183 Å². The summed E-state index contributed by atoms with van der Waals surface area (Å²) in [6.45, 7) is 16.0. The number of benzene rings is 1. The first-order valence-corrected chi connectivity index (χ1v) is 11.4. The van der Waals surface area contributed by atoms with Crippen molar-refractivity contribution in [3.05, 3.63) is 51.6 Å². The van der Waals surface area contributed by atoms with Gasteiger partial charge < -0.3 is 14.8 Å². The average Bonchev–Trinajstić information content (AvgIpc) is 3.25. The number of nitrogens with one attached hydrogen (secondary N) is 3. The zero-order chi connectivity index (χ0) is 22.2. The molecule has 0 amide bonds. The summed E-state index contributed by atoms with van der Waals surface area (Å²) in [6.07, 6.45) is 0.897. The third-order valence-corrected chi connectivity index (χ3v) is 7.04. The lowest BCUT2D eigenvalue weighted by molar-refractivity contribution is -1.02. The van der Waals surface area contributed by atoms with Gasteiger partial charge in [0.15, 0.2) is 6.04 Å². The molecule has 0 aliphatic carbocycles. The lowest BCUT2D eigenvalue weighted by Crippen LogP contribution is -3.28. The molecule has 166 valence electrons. The SMILES string of the molecule is CC[NH+]1CC[NH+]([C@H](c2cc3ccc(C)cc3[nH]c2=O)c2nnnn2C(C)(C)CC)CC1. The first-order valence-electron chi connectivity index (χ1n) is 11.4. The van der Waals surface area contributed by atoms with E-state index in [2.05, 4.69) is 60.3 Å². The lowest BCUT2D eigenvalue weighted by Gasteiger charge is -2.35. The molecule has 3 N–H and O–H groups in total. The van der Waals surface area contributed by atoms with Crippen LogP contribution in [0.4, 0.5) is 0 Å². The highest BCUT2D eigenvalue weighted by Crippen LogP contribution is 2.25. The highest BCUT2D eigenvalue weighted by molar-refractivity contribution is 5.79. The van der Waals surface area contributed by atoms with Crippen molar-refractivity contribution in [2.24, 2.45) is 0 Å². The van der Waals surface area contributed by atoms with Gasteiger partial charge in [-0.1, -0.05) is 19.1 Å². The Kier molecular flexibility index (Phi) is 5.94. The maximum atomic E-state index is 13.3. The quantitative estimate of drug-likeness (QED) is 0.513. The van der Waals surface area contributed by atoms with E-state index < -0.39 is 0 Å². The molecular weight excluding hydrogens is 390 g/mol. The molecule has 1 aliphatic heterocycles. The van der Waals surface area contributed by atoms with E-state index in [4.69, 9.17) is 0 Å². The van der Waals surface area contributed by atoms with E-state index in [0.717, 1.165) is 67.0 Å². The van der Waals surface area contributed by atoms with E-state index in [1.165, 1.54) is 4.90 Å². The number of likely N-dealkylation sites (N-methyl/N-ethyl adjacent to an activating group) is 1. The van der Waals surface area contributed by atoms with Crippen LogP contribution in [0, 0.1) is 6.92 Å². The number of hydrogen-bond donors (Lipinski definition) is 3. The molecule has 4 rings (SSSR count). The molecular formula is C23H35N7O+2. The van der Waals surface area contributed by atoms with E-state index in [-0.39, 0.29) is 17.1 Å². The summed E-state index contributed by atoms with van der Waals surface area (Å²) in [4.78, 5) is 19.4. The van der Waals surface area contributed by atoms with Gasteiger partial charge in [0.25, 0.3) is 5.56 Å². The van der Waals surface area contributed by atoms with Crippen molar-refractivity contribution in [1.82, 2.24) is 25.2 Å². The van der Waals surface area contributed by atoms with Crippen LogP contribution >= 0.6 is 0 Å². The molecule has 0 spiro atoms. The molecule has 0 saturated carbocycles. The van der Waals surface area contributed by atoms with Crippen LogP contribution in [0.1, 0.15) is 57.1 Å². The predicted molar refractivity (Wildman–Crippen MR) is 121 cm³/mol. The summed E-state index contributed by atoms with van der Waals surface area (Å²) in [5, 5.41) is 13.9. The third-order valence-electron chi connectivity index (χ3n) is 7.04. The van der Waals surface area contributed by atoms with E-state index in [9.17, 15) is 4.79 Å². The number of aryl methyl sites for hydroxylation is 1. The Bertz CT molecular complexity index is 1110. The van der Waals surface area contributed by atoms with Gasteiger partial charge in [-0.2, -0.15) is 0 Å². The smallest absolute Gasteiger partial charge is 0.258 e. The number of quaternary nitrogens is 2. The Morgan fingerprint density at radius 3 is 2.58 bits per heavy atom. The third kappa shape index (κ3) is 4.14. The molecule has 0 bridgehead atoms. The summed E-state index contributed by atoms with van der Waals surface area (Å²) in [7, 11) is 0. The minimum atomic E-state index is -0.228. The van der Waals surface area contributed by atoms with Crippen LogP contribution in [0.2, 0.25) is 0 Å². The van der Waals surface area contributed by atoms with Crippen LogP contribution < -0.4 is 15.4 Å². The van der Waals surface area contributed by atoms with Crippen molar-refractivity contribution in [2.45, 2.75) is 52.6 Å². The average molecular weight is 426 g/mol. The number of aromatic nitrogens is 5. The van der Waals surface area contributed by atoms with Crippen molar-refractivity contribution in [3.8, 4) is 0 Å². The second-order valence-electron chi connectivity index (χ2n) is 9.45. The van der Waals surface area contributed by atoms with E-state index in [1.807, 2.05) is 23.7 Å². The van der Waals surface area contributed by atoms with E-state index in [1.54, 1.807) is 4.90 Å². The van der Waals surface area contributed by atoms with Gasteiger partial charge in [-0.25, -0.2) is 4.68 Å². The van der Waals surface area contributed by atoms with Crippen LogP contribution in [0.15, 0.2) is 29.1 Å². The van der Waals surface area contributed by atoms with Gasteiger partial charge in [-0.05, 0) is 67.6 Å². The number of nitrogens with zero attached hydrogens (tertiary/aromatic N) is 4. The van der Waals surface area contributed by atoms with Gasteiger partial charge in [0, 0.05) is 5.52 Å². The van der Waals surface area contributed by atoms with Crippen LogP contribution in [0.5, 0.6) is 0 Å². The minimum absolute atomic E-state index is 0.0512. The topological polar surface area (TPSA) is 85.3 Å². The molecule has 1 saturated heterocycles. The first kappa shape index (κ1) is 21.6. The van der Waals surface area contributed by atoms with E-state index in [0.29, 0.717) is 0 Å². The van der Waals surface area contributed by atoms with Crippen molar-refractivity contribution in [1.29, 1.82) is 0 Å². The Morgan fingerprint density at radius 2 is 1.90 bits per heavy atom. The maximum Gasteiger partial charge on any atom is 0.258 e. The number of pyridine rings is 1. The summed E-state index contributed by atoms with van der Waals surface area (Å²) in [6, 6.07) is 8.03. The fourth-order valence-corrected chi connectivity index (χ4v) is 4.61. The van der Waals surface area contributed by atoms with E-state index >= 15 is 0 Å². The summed E-state index contributed by atoms with van der Waals surface area (Å²) in [5.74, 6) is 0.777. The highest BCUT2D eigenvalue weighted by Gasteiger charge is 2.39. The number of rotatable bonds is 6. The summed E-state index contributed by atoms with van der Waals surface area (Å²) in [5.41, 5.74) is 2.47. The van der Waals surface area contributed by atoms with Crippen LogP contribution in [-0.4, -0.2) is 57.9 Å². The number of piperazine rings is 1. The second kappa shape index (κ2) is 8.51. The zero-order valence-corrected chi connectivity index (χ0v) is 19.3. The Morgan fingerprint density at radius 1 is 1.16 bits per heavy atom. The fraction of sp³-hybridized carbons (Fsp3) is 0.565.